The van der Waals surface area contributed by atoms with Crippen molar-refractivity contribution >= 4 is 17.5 Å². The summed E-state index contributed by atoms with van der Waals surface area (Å²) in [6.07, 6.45) is 1.67. The first kappa shape index (κ1) is 19.3. The molecule has 1 aliphatic heterocycles. The summed E-state index contributed by atoms with van der Waals surface area (Å²) in [4.78, 5) is 26.3. The minimum Gasteiger partial charge on any atom is -0.338 e. The van der Waals surface area contributed by atoms with Gasteiger partial charge in [0.1, 0.15) is 5.69 Å². The fourth-order valence-corrected chi connectivity index (χ4v) is 3.41. The number of carbonyl (C=O) groups excluding carboxylic acids is 1. The van der Waals surface area contributed by atoms with Crippen LogP contribution in [0.25, 0.3) is 0 Å². The Kier molecular flexibility index (Phi) is 6.06. The van der Waals surface area contributed by atoms with Crippen molar-refractivity contribution in [2.45, 2.75) is 33.6 Å². The predicted molar refractivity (Wildman–Crippen MR) is 110 cm³/mol. The Morgan fingerprint density at radius 2 is 1.93 bits per heavy atom. The van der Waals surface area contributed by atoms with Crippen molar-refractivity contribution in [1.29, 1.82) is 0 Å². The average molecular weight is 367 g/mol. The molecule has 0 aliphatic carbocycles. The van der Waals surface area contributed by atoms with Crippen molar-refractivity contribution < 1.29 is 4.79 Å². The molecule has 2 aromatic rings. The maximum Gasteiger partial charge on any atom is 0.274 e. The van der Waals surface area contributed by atoms with E-state index in [4.69, 9.17) is 0 Å². The van der Waals surface area contributed by atoms with Gasteiger partial charge in [-0.3, -0.25) is 4.79 Å². The number of nitrogens with one attached hydrogen (secondary N) is 1. The standard InChI is InChI=1S/C21H29N5O/c1-5-25-11-13-26(14-12-25)21-22-10-9-18(23-21)20(27)24-19-16(4)7-6-8-17(19)15(2)3/h6-10,15H,5,11-14H2,1-4H3,(H,24,27). The molecular formula is C21H29N5O. The van der Waals surface area contributed by atoms with Gasteiger partial charge in [-0.05, 0) is 36.6 Å². The molecule has 1 fully saturated rings. The lowest BCUT2D eigenvalue weighted by Gasteiger charge is -2.34. The zero-order chi connectivity index (χ0) is 19.4. The number of aryl methyl sites for hydroxylation is 1. The minimum atomic E-state index is -0.193. The van der Waals surface area contributed by atoms with Crippen LogP contribution in [-0.2, 0) is 0 Å². The number of nitrogens with zero attached hydrogens (tertiary/aromatic N) is 4. The molecule has 3 rings (SSSR count). The number of hydrogen-bond acceptors (Lipinski definition) is 5. The minimum absolute atomic E-state index is 0.193. The lowest BCUT2D eigenvalue weighted by Crippen LogP contribution is -2.46. The quantitative estimate of drug-likeness (QED) is 0.879. The van der Waals surface area contributed by atoms with Crippen molar-refractivity contribution in [3.63, 3.8) is 0 Å². The van der Waals surface area contributed by atoms with Gasteiger partial charge in [-0.15, -0.1) is 0 Å². The van der Waals surface area contributed by atoms with Crippen LogP contribution < -0.4 is 10.2 Å². The Morgan fingerprint density at radius 1 is 1.19 bits per heavy atom. The Labute approximate surface area is 161 Å². The third-order valence-corrected chi connectivity index (χ3v) is 5.14. The van der Waals surface area contributed by atoms with Gasteiger partial charge >= 0.3 is 0 Å². The van der Waals surface area contributed by atoms with E-state index >= 15 is 0 Å². The summed E-state index contributed by atoms with van der Waals surface area (Å²) in [5.41, 5.74) is 3.47. The van der Waals surface area contributed by atoms with E-state index in [1.807, 2.05) is 19.1 Å². The molecule has 1 N–H and O–H groups in total. The van der Waals surface area contributed by atoms with E-state index in [1.54, 1.807) is 12.3 Å². The molecule has 27 heavy (non-hydrogen) atoms. The summed E-state index contributed by atoms with van der Waals surface area (Å²) < 4.78 is 0. The fraction of sp³-hybridized carbons (Fsp3) is 0.476. The van der Waals surface area contributed by atoms with Gasteiger partial charge in [0.25, 0.3) is 5.91 Å². The summed E-state index contributed by atoms with van der Waals surface area (Å²) in [7, 11) is 0. The second-order valence-corrected chi connectivity index (χ2v) is 7.31. The highest BCUT2D eigenvalue weighted by Crippen LogP contribution is 2.27. The molecule has 6 nitrogen and oxygen atoms in total. The maximum absolute atomic E-state index is 12.8. The van der Waals surface area contributed by atoms with E-state index in [9.17, 15) is 4.79 Å². The molecule has 1 aromatic carbocycles. The molecule has 2 heterocycles. The van der Waals surface area contributed by atoms with Crippen LogP contribution in [0.2, 0.25) is 0 Å². The SMILES string of the molecule is CCN1CCN(c2nccc(C(=O)Nc3c(C)cccc3C(C)C)n2)CC1. The van der Waals surface area contributed by atoms with Crippen molar-refractivity contribution in [1.82, 2.24) is 14.9 Å². The molecule has 1 aliphatic rings. The van der Waals surface area contributed by atoms with Gasteiger partial charge in [-0.2, -0.15) is 0 Å². The topological polar surface area (TPSA) is 61.4 Å². The Hall–Kier alpha value is -2.47. The number of para-hydroxylation sites is 1. The molecule has 0 radical (unpaired) electrons. The molecule has 0 unspecified atom stereocenters. The molecule has 1 saturated heterocycles. The van der Waals surface area contributed by atoms with Crippen molar-refractivity contribution in [3.8, 4) is 0 Å². The predicted octanol–water partition coefficient (Wildman–Crippen LogP) is 3.30. The van der Waals surface area contributed by atoms with Crippen LogP contribution in [0.3, 0.4) is 0 Å². The summed E-state index contributed by atoms with van der Waals surface area (Å²) in [5.74, 6) is 0.769. The second-order valence-electron chi connectivity index (χ2n) is 7.31. The van der Waals surface area contributed by atoms with Gasteiger partial charge in [0.15, 0.2) is 0 Å². The first-order valence-corrected chi connectivity index (χ1v) is 9.70. The summed E-state index contributed by atoms with van der Waals surface area (Å²) in [5, 5.41) is 3.07. The highest BCUT2D eigenvalue weighted by Gasteiger charge is 2.20. The number of likely N-dealkylation sites (N-methyl/N-ethyl adjacent to an activating group) is 1. The molecule has 0 atom stereocenters. The third kappa shape index (κ3) is 4.45. The Bertz CT molecular complexity index is 797. The normalized spacial score (nSPS) is 15.2. The van der Waals surface area contributed by atoms with Gasteiger partial charge in [-0.25, -0.2) is 9.97 Å². The Balaban J connectivity index is 1.77. The summed E-state index contributed by atoms with van der Waals surface area (Å²) >= 11 is 0. The summed E-state index contributed by atoms with van der Waals surface area (Å²) in [6.45, 7) is 13.3. The number of carbonyl (C=O) groups is 1. The van der Waals surface area contributed by atoms with E-state index in [0.717, 1.165) is 49.5 Å². The van der Waals surface area contributed by atoms with Crippen LogP contribution in [0.15, 0.2) is 30.5 Å². The monoisotopic (exact) mass is 367 g/mol. The number of rotatable bonds is 5. The second kappa shape index (κ2) is 8.48. The van der Waals surface area contributed by atoms with Crippen molar-refractivity contribution in [2.24, 2.45) is 0 Å². The van der Waals surface area contributed by atoms with E-state index < -0.39 is 0 Å². The number of hydrogen-bond donors (Lipinski definition) is 1. The van der Waals surface area contributed by atoms with E-state index in [-0.39, 0.29) is 5.91 Å². The highest BCUT2D eigenvalue weighted by molar-refractivity contribution is 6.03. The van der Waals surface area contributed by atoms with Gasteiger partial charge in [0.2, 0.25) is 5.95 Å². The van der Waals surface area contributed by atoms with Crippen molar-refractivity contribution in [3.05, 3.63) is 47.3 Å². The molecular weight excluding hydrogens is 338 g/mol. The lowest BCUT2D eigenvalue weighted by atomic mass is 9.98. The van der Waals surface area contributed by atoms with Crippen LogP contribution in [0.1, 0.15) is 48.3 Å². The van der Waals surface area contributed by atoms with Crippen LogP contribution in [0.4, 0.5) is 11.6 Å². The van der Waals surface area contributed by atoms with Gasteiger partial charge < -0.3 is 15.1 Å². The van der Waals surface area contributed by atoms with E-state index in [2.05, 4.69) is 51.9 Å². The number of piperazine rings is 1. The first-order chi connectivity index (χ1) is 13.0. The zero-order valence-electron chi connectivity index (χ0n) is 16.7. The molecule has 144 valence electrons. The van der Waals surface area contributed by atoms with E-state index in [1.165, 1.54) is 0 Å². The number of benzene rings is 1. The van der Waals surface area contributed by atoms with Crippen LogP contribution in [0.5, 0.6) is 0 Å². The van der Waals surface area contributed by atoms with Crippen LogP contribution >= 0.6 is 0 Å². The van der Waals surface area contributed by atoms with E-state index in [0.29, 0.717) is 17.6 Å². The largest absolute Gasteiger partial charge is 0.338 e. The zero-order valence-corrected chi connectivity index (χ0v) is 16.7. The number of anilines is 2. The highest BCUT2D eigenvalue weighted by atomic mass is 16.1. The maximum atomic E-state index is 12.8. The number of amides is 1. The van der Waals surface area contributed by atoms with Gasteiger partial charge in [0.05, 0.1) is 0 Å². The molecule has 0 bridgehead atoms. The number of aromatic nitrogens is 2. The third-order valence-electron chi connectivity index (χ3n) is 5.14. The summed E-state index contributed by atoms with van der Waals surface area (Å²) in [6, 6.07) is 7.78. The molecule has 0 spiro atoms. The molecule has 1 aromatic heterocycles. The smallest absolute Gasteiger partial charge is 0.274 e. The van der Waals surface area contributed by atoms with Crippen LogP contribution in [-0.4, -0.2) is 53.5 Å². The molecule has 6 heteroatoms. The fourth-order valence-electron chi connectivity index (χ4n) is 3.41. The lowest BCUT2D eigenvalue weighted by molar-refractivity contribution is 0.102. The molecule has 1 amide bonds. The first-order valence-electron chi connectivity index (χ1n) is 9.70. The van der Waals surface area contributed by atoms with Gasteiger partial charge in [-0.1, -0.05) is 39.0 Å². The Morgan fingerprint density at radius 3 is 2.59 bits per heavy atom. The van der Waals surface area contributed by atoms with Crippen molar-refractivity contribution in [2.75, 3.05) is 42.9 Å². The van der Waals surface area contributed by atoms with Gasteiger partial charge in [0, 0.05) is 38.1 Å². The van der Waals surface area contributed by atoms with Crippen LogP contribution in [0, 0.1) is 6.92 Å². The average Bonchev–Trinajstić information content (AvgIpc) is 2.69. The molecule has 0 saturated carbocycles.